The average Bonchev–Trinajstić information content (AvgIpc) is 1.62. The van der Waals surface area contributed by atoms with Crippen LogP contribution in [0.3, 0.4) is 0 Å². The number of hydrogen-bond acceptors (Lipinski definition) is 6. The molecular formula is C89H147N5OS. The van der Waals surface area contributed by atoms with E-state index in [1.54, 1.807) is 0 Å². The van der Waals surface area contributed by atoms with Gasteiger partial charge in [-0.15, -0.1) is 11.3 Å². The quantitative estimate of drug-likeness (QED) is 0.151. The smallest absolute Gasteiger partial charge is 0.109 e. The van der Waals surface area contributed by atoms with Gasteiger partial charge in [-0.3, -0.25) is 19.9 Å². The zero-order valence-corrected chi connectivity index (χ0v) is 71.3. The third kappa shape index (κ3) is 30.5. The Kier molecular flexibility index (Phi) is 30.0. The molecule has 0 aliphatic rings. The molecule has 0 amide bonds. The van der Waals surface area contributed by atoms with Crippen LogP contribution in [0.5, 0.6) is 0 Å². The number of pyridine rings is 2. The summed E-state index contributed by atoms with van der Waals surface area (Å²) in [5, 5.41) is 0. The van der Waals surface area contributed by atoms with Gasteiger partial charge in [0.1, 0.15) is 11.5 Å². The highest BCUT2D eigenvalue weighted by molar-refractivity contribution is 7.12. The van der Waals surface area contributed by atoms with E-state index in [-0.39, 0.29) is 65.0 Å². The first-order valence-electron chi connectivity index (χ1n) is 35.7. The van der Waals surface area contributed by atoms with E-state index in [4.69, 9.17) is 4.42 Å². The zero-order valence-electron chi connectivity index (χ0n) is 70.4. The molecule has 7 heteroatoms. The van der Waals surface area contributed by atoms with Crippen LogP contribution < -0.4 is 0 Å². The van der Waals surface area contributed by atoms with E-state index in [0.717, 1.165) is 34.3 Å². The predicted octanol–water partition coefficient (Wildman–Crippen LogP) is 26.5. The Bertz CT molecular complexity index is 2820. The molecule has 6 aromatic heterocycles. The largest absolute Gasteiger partial charge is 0.465 e. The van der Waals surface area contributed by atoms with E-state index < -0.39 is 0 Å². The molecule has 0 atom stereocenters. The first-order chi connectivity index (χ1) is 42.4. The standard InChI is InChI=1S/C14H22.C13H23N.2C13H21N.C12H20N2.C12H20O.C12H20S/c1-13(2,3)11-7-9-12(10-8-11)14(4,5)6;1-12(2,3)10-8-9-11(14(10)7)13(4,5)6;2*1-12(2,3)10-7-8-11(14-9-10)13(4,5)6;1-11(2,3)9-7-14-10(8-13-9)12(4,5)6;2*1-11(2,3)9-7-8-10(13-9)12(4,5)6/h7-10H,1-6H3;8-9H,1-7H3;2*7-9H,1-6H3;7-8H,1-6H3;2*7-8H,1-6H3. The van der Waals surface area contributed by atoms with Gasteiger partial charge in [0, 0.05) is 108 Å². The van der Waals surface area contributed by atoms with Gasteiger partial charge in [-0.2, -0.15) is 0 Å². The average molecular weight is 1340 g/mol. The fraction of sp³-hybridized carbons (Fsp3) is 0.640. The van der Waals surface area contributed by atoms with Crippen molar-refractivity contribution in [1.82, 2.24) is 24.5 Å². The number of hydrogen-bond donors (Lipinski definition) is 0. The summed E-state index contributed by atoms with van der Waals surface area (Å²) in [5.41, 5.74) is 15.3. The number of thiophene rings is 1. The molecule has 0 spiro atoms. The van der Waals surface area contributed by atoms with Crippen LogP contribution in [0, 0.1) is 0 Å². The molecule has 540 valence electrons. The highest BCUT2D eigenvalue weighted by Crippen LogP contribution is 2.37. The Balaban J connectivity index is 0.000000560. The molecule has 0 bridgehead atoms. The summed E-state index contributed by atoms with van der Waals surface area (Å²) in [6.45, 7) is 92.9. The summed E-state index contributed by atoms with van der Waals surface area (Å²) >= 11 is 1.95. The van der Waals surface area contributed by atoms with Gasteiger partial charge < -0.3 is 8.98 Å². The van der Waals surface area contributed by atoms with Crippen molar-refractivity contribution in [3.05, 3.63) is 187 Å². The Labute approximate surface area is 597 Å². The maximum atomic E-state index is 5.81. The molecule has 7 aromatic rings. The van der Waals surface area contributed by atoms with E-state index >= 15 is 0 Å². The minimum absolute atomic E-state index is 0.0867. The molecule has 6 heterocycles. The van der Waals surface area contributed by atoms with Crippen LogP contribution in [0.4, 0.5) is 0 Å². The lowest BCUT2D eigenvalue weighted by Gasteiger charge is -2.25. The first-order valence-corrected chi connectivity index (χ1v) is 36.5. The van der Waals surface area contributed by atoms with Gasteiger partial charge in [0.25, 0.3) is 0 Å². The second kappa shape index (κ2) is 32.5. The number of furan rings is 1. The summed E-state index contributed by atoms with van der Waals surface area (Å²) in [4.78, 5) is 20.9. The van der Waals surface area contributed by atoms with Crippen LogP contribution in [-0.2, 0) is 82.9 Å². The molecule has 0 N–H and O–H groups in total. The van der Waals surface area contributed by atoms with Gasteiger partial charge in [0.15, 0.2) is 0 Å². The lowest BCUT2D eigenvalue weighted by atomic mass is 9.82. The monoisotopic (exact) mass is 1330 g/mol. The Morgan fingerprint density at radius 1 is 0.229 bits per heavy atom. The topological polar surface area (TPSA) is 69.6 Å². The van der Waals surface area contributed by atoms with Gasteiger partial charge in [0.05, 0.1) is 11.4 Å². The van der Waals surface area contributed by atoms with Crippen molar-refractivity contribution < 1.29 is 4.42 Å². The Morgan fingerprint density at radius 2 is 0.469 bits per heavy atom. The van der Waals surface area contributed by atoms with Crippen molar-refractivity contribution in [1.29, 1.82) is 0 Å². The summed E-state index contributed by atoms with van der Waals surface area (Å²) in [6, 6.07) is 30.9. The Morgan fingerprint density at radius 3 is 0.615 bits per heavy atom. The van der Waals surface area contributed by atoms with Crippen LogP contribution in [0.2, 0.25) is 0 Å². The molecule has 0 saturated heterocycles. The van der Waals surface area contributed by atoms with Gasteiger partial charge in [-0.25, -0.2) is 0 Å². The fourth-order valence-corrected chi connectivity index (χ4v) is 10.6. The lowest BCUT2D eigenvalue weighted by molar-refractivity contribution is 0.344. The second-order valence-electron chi connectivity index (χ2n) is 41.2. The second-order valence-corrected chi connectivity index (χ2v) is 42.3. The molecule has 0 aliphatic carbocycles. The van der Waals surface area contributed by atoms with E-state index in [0.29, 0.717) is 10.8 Å². The highest BCUT2D eigenvalue weighted by atomic mass is 32.1. The molecule has 96 heavy (non-hydrogen) atoms. The maximum absolute atomic E-state index is 5.81. The number of nitrogens with zero attached hydrogens (tertiary/aromatic N) is 5. The first kappa shape index (κ1) is 88.9. The summed E-state index contributed by atoms with van der Waals surface area (Å²) in [7, 11) is 2.17. The van der Waals surface area contributed by atoms with Crippen LogP contribution in [-0.4, -0.2) is 24.5 Å². The van der Waals surface area contributed by atoms with Crippen LogP contribution in [0.15, 0.2) is 114 Å². The minimum Gasteiger partial charge on any atom is -0.465 e. The van der Waals surface area contributed by atoms with Crippen molar-refractivity contribution in [3.8, 4) is 0 Å². The van der Waals surface area contributed by atoms with Crippen LogP contribution >= 0.6 is 11.3 Å². The van der Waals surface area contributed by atoms with Crippen molar-refractivity contribution in [3.63, 3.8) is 0 Å². The molecule has 6 nitrogen and oxygen atoms in total. The summed E-state index contributed by atoms with van der Waals surface area (Å²) in [5.74, 6) is 2.13. The van der Waals surface area contributed by atoms with Gasteiger partial charge in [-0.05, 0) is 103 Å². The van der Waals surface area contributed by atoms with E-state index in [1.165, 1.54) is 43.4 Å². The molecule has 0 radical (unpaired) electrons. The molecule has 0 unspecified atom stereocenters. The zero-order chi connectivity index (χ0) is 75.6. The SMILES string of the molecule is CC(C)(C)c1ccc(C(C)(C)C)cc1.CC(C)(C)c1ccc(C(C)(C)C)nc1.CC(C)(C)c1ccc(C(C)(C)C)nc1.CC(C)(C)c1ccc(C(C)(C)C)o1.CC(C)(C)c1ccc(C(C)(C)C)s1.CC(C)(C)c1cnc(C(C)(C)C)cn1.Cn1c(C(C)(C)C)ccc1C(C)(C)C. The van der Waals surface area contributed by atoms with Crippen molar-refractivity contribution in [2.45, 2.75) is 367 Å². The van der Waals surface area contributed by atoms with Crippen molar-refractivity contribution >= 4 is 11.3 Å². The molecule has 1 aromatic carbocycles. The molecule has 0 aliphatic heterocycles. The lowest BCUT2D eigenvalue weighted by Crippen LogP contribution is -2.21. The van der Waals surface area contributed by atoms with Gasteiger partial charge in [0.2, 0.25) is 0 Å². The van der Waals surface area contributed by atoms with E-state index in [2.05, 4.69) is 407 Å². The molecule has 7 rings (SSSR count). The van der Waals surface area contributed by atoms with Crippen LogP contribution in [0.25, 0.3) is 0 Å². The number of aromatic nitrogens is 5. The Hall–Kier alpha value is -5.14. The molecule has 0 fully saturated rings. The summed E-state index contributed by atoms with van der Waals surface area (Å²) < 4.78 is 8.15. The summed E-state index contributed by atoms with van der Waals surface area (Å²) in [6.07, 6.45) is 7.78. The molecular weight excluding hydrogens is 1190 g/mol. The third-order valence-electron chi connectivity index (χ3n) is 16.4. The van der Waals surface area contributed by atoms with Crippen molar-refractivity contribution in [2.75, 3.05) is 0 Å². The van der Waals surface area contributed by atoms with E-state index in [1.807, 2.05) is 36.1 Å². The highest BCUT2D eigenvalue weighted by Gasteiger charge is 2.27. The van der Waals surface area contributed by atoms with Gasteiger partial charge in [-0.1, -0.05) is 327 Å². The number of rotatable bonds is 0. The van der Waals surface area contributed by atoms with Crippen LogP contribution in [0.1, 0.15) is 368 Å². The molecule has 0 saturated carbocycles. The van der Waals surface area contributed by atoms with Crippen molar-refractivity contribution in [2.24, 2.45) is 7.05 Å². The maximum Gasteiger partial charge on any atom is 0.109 e. The normalized spacial score (nSPS) is 13.2. The predicted molar refractivity (Wildman–Crippen MR) is 427 cm³/mol. The third-order valence-corrected chi connectivity index (χ3v) is 18.4. The minimum atomic E-state index is 0.0867. The number of benzene rings is 1. The van der Waals surface area contributed by atoms with E-state index in [9.17, 15) is 0 Å². The fourth-order valence-electron chi connectivity index (χ4n) is 9.44. The van der Waals surface area contributed by atoms with Gasteiger partial charge >= 0.3 is 0 Å².